The zero-order chi connectivity index (χ0) is 19.6. The number of anilines is 1. The molecule has 1 aliphatic rings. The number of methoxy groups -OCH3 is 1. The van der Waals surface area contributed by atoms with Crippen molar-refractivity contribution in [2.24, 2.45) is 5.10 Å². The van der Waals surface area contributed by atoms with Crippen molar-refractivity contribution in [1.82, 2.24) is 9.55 Å². The molecule has 0 saturated carbocycles. The van der Waals surface area contributed by atoms with E-state index in [4.69, 9.17) is 9.72 Å². The number of ether oxygens (including phenoxy) is 1. The van der Waals surface area contributed by atoms with E-state index in [9.17, 15) is 0 Å². The minimum absolute atomic E-state index is 0.625. The van der Waals surface area contributed by atoms with E-state index >= 15 is 0 Å². The van der Waals surface area contributed by atoms with Gasteiger partial charge in [-0.3, -0.25) is 0 Å². The lowest BCUT2D eigenvalue weighted by Gasteiger charge is -2.19. The highest BCUT2D eigenvalue weighted by Gasteiger charge is 2.24. The van der Waals surface area contributed by atoms with Crippen molar-refractivity contribution in [1.29, 1.82) is 0 Å². The molecule has 3 aromatic carbocycles. The largest absolute Gasteiger partial charge is 0.497 e. The van der Waals surface area contributed by atoms with E-state index < -0.39 is 0 Å². The third kappa shape index (κ3) is 3.17. The molecule has 5 heteroatoms. The lowest BCUT2D eigenvalue weighted by Crippen LogP contribution is -2.21. The SMILES string of the molecule is COc1cccc(C2=NNc3nc(-c4ccccc4)c(-c4ccccc4)n3C2)c1. The van der Waals surface area contributed by atoms with Gasteiger partial charge in [-0.05, 0) is 12.1 Å². The second-order valence-corrected chi connectivity index (χ2v) is 6.85. The summed E-state index contributed by atoms with van der Waals surface area (Å²) in [5.74, 6) is 1.56. The third-order valence-electron chi connectivity index (χ3n) is 5.06. The first-order valence-corrected chi connectivity index (χ1v) is 9.52. The molecular formula is C24H20N4O. The predicted octanol–water partition coefficient (Wildman–Crippen LogP) is 5.06. The third-order valence-corrected chi connectivity index (χ3v) is 5.06. The number of nitrogens with one attached hydrogen (secondary N) is 1. The van der Waals surface area contributed by atoms with Crippen molar-refractivity contribution in [3.63, 3.8) is 0 Å². The molecule has 1 aliphatic heterocycles. The summed E-state index contributed by atoms with van der Waals surface area (Å²) in [7, 11) is 1.67. The molecule has 0 aliphatic carbocycles. The lowest BCUT2D eigenvalue weighted by molar-refractivity contribution is 0.414. The zero-order valence-electron chi connectivity index (χ0n) is 16.0. The molecule has 0 fully saturated rings. The molecule has 29 heavy (non-hydrogen) atoms. The standard InChI is InChI=1S/C24H20N4O/c1-29-20-14-8-13-19(15-20)21-16-28-23(18-11-6-3-7-12-18)22(25-24(28)27-26-21)17-9-4-2-5-10-17/h2-15H,16H2,1H3,(H,25,27). The molecule has 0 saturated heterocycles. The Morgan fingerprint density at radius 3 is 2.24 bits per heavy atom. The van der Waals surface area contributed by atoms with Gasteiger partial charge in [0, 0.05) is 16.7 Å². The van der Waals surface area contributed by atoms with Gasteiger partial charge in [0.25, 0.3) is 0 Å². The van der Waals surface area contributed by atoms with Gasteiger partial charge in [-0.15, -0.1) is 0 Å². The zero-order valence-corrected chi connectivity index (χ0v) is 16.0. The van der Waals surface area contributed by atoms with Gasteiger partial charge in [0.15, 0.2) is 0 Å². The molecule has 5 rings (SSSR count). The minimum atomic E-state index is 0.625. The van der Waals surface area contributed by atoms with Gasteiger partial charge >= 0.3 is 0 Å². The van der Waals surface area contributed by atoms with E-state index in [1.54, 1.807) is 7.11 Å². The van der Waals surface area contributed by atoms with Crippen LogP contribution in [0.15, 0.2) is 90.0 Å². The van der Waals surface area contributed by atoms with Crippen LogP contribution in [0, 0.1) is 0 Å². The Morgan fingerprint density at radius 2 is 1.52 bits per heavy atom. The van der Waals surface area contributed by atoms with E-state index in [-0.39, 0.29) is 0 Å². The Bertz CT molecular complexity index is 1180. The summed E-state index contributed by atoms with van der Waals surface area (Å²) in [6.45, 7) is 0.625. The van der Waals surface area contributed by atoms with E-state index in [0.29, 0.717) is 6.54 Å². The monoisotopic (exact) mass is 380 g/mol. The molecule has 0 bridgehead atoms. The number of nitrogens with zero attached hydrogens (tertiary/aromatic N) is 3. The molecule has 0 atom stereocenters. The van der Waals surface area contributed by atoms with Crippen LogP contribution in [-0.2, 0) is 6.54 Å². The average Bonchev–Trinajstić information content (AvgIpc) is 3.19. The van der Waals surface area contributed by atoms with Crippen molar-refractivity contribution in [2.75, 3.05) is 12.5 Å². The molecule has 5 nitrogen and oxygen atoms in total. The number of hydrazone groups is 1. The molecular weight excluding hydrogens is 360 g/mol. The number of fused-ring (bicyclic) bond motifs is 1. The van der Waals surface area contributed by atoms with Gasteiger partial charge in [0.2, 0.25) is 5.95 Å². The molecule has 1 N–H and O–H groups in total. The van der Waals surface area contributed by atoms with E-state index in [1.807, 2.05) is 48.5 Å². The Balaban J connectivity index is 1.63. The van der Waals surface area contributed by atoms with Crippen molar-refractivity contribution in [2.45, 2.75) is 6.54 Å². The summed E-state index contributed by atoms with van der Waals surface area (Å²) in [5, 5.41) is 4.59. The molecule has 0 spiro atoms. The highest BCUT2D eigenvalue weighted by atomic mass is 16.5. The molecule has 2 heterocycles. The number of imidazole rings is 1. The Morgan fingerprint density at radius 1 is 0.828 bits per heavy atom. The maximum absolute atomic E-state index is 5.38. The normalized spacial score (nSPS) is 12.7. The molecule has 4 aromatic rings. The number of aromatic nitrogens is 2. The van der Waals surface area contributed by atoms with Gasteiger partial charge in [0.05, 0.1) is 30.8 Å². The molecule has 1 aromatic heterocycles. The smallest absolute Gasteiger partial charge is 0.225 e. The summed E-state index contributed by atoms with van der Waals surface area (Å²) in [6, 6.07) is 28.6. The molecule has 0 amide bonds. The van der Waals surface area contributed by atoms with Crippen molar-refractivity contribution in [3.05, 3.63) is 90.5 Å². The Kier molecular flexibility index (Phi) is 4.33. The summed E-state index contributed by atoms with van der Waals surface area (Å²) >= 11 is 0. The maximum atomic E-state index is 5.38. The fraction of sp³-hybridized carbons (Fsp3) is 0.0833. The van der Waals surface area contributed by atoms with E-state index in [0.717, 1.165) is 45.5 Å². The molecule has 0 radical (unpaired) electrons. The summed E-state index contributed by atoms with van der Waals surface area (Å²) in [5.41, 5.74) is 9.34. The van der Waals surface area contributed by atoms with Crippen LogP contribution in [-0.4, -0.2) is 22.4 Å². The van der Waals surface area contributed by atoms with Crippen LogP contribution in [0.25, 0.3) is 22.5 Å². The van der Waals surface area contributed by atoms with Crippen LogP contribution >= 0.6 is 0 Å². The van der Waals surface area contributed by atoms with Gasteiger partial charge in [0.1, 0.15) is 5.75 Å². The average molecular weight is 380 g/mol. The van der Waals surface area contributed by atoms with Crippen LogP contribution in [0.3, 0.4) is 0 Å². The predicted molar refractivity (Wildman–Crippen MR) is 116 cm³/mol. The van der Waals surface area contributed by atoms with Crippen LogP contribution in [0.4, 0.5) is 5.95 Å². The quantitative estimate of drug-likeness (QED) is 0.539. The lowest BCUT2D eigenvalue weighted by atomic mass is 10.0. The second kappa shape index (κ2) is 7.28. The highest BCUT2D eigenvalue weighted by molar-refractivity contribution is 6.02. The molecule has 0 unspecified atom stereocenters. The molecule has 142 valence electrons. The first-order valence-electron chi connectivity index (χ1n) is 9.52. The Hall–Kier alpha value is -3.86. The topological polar surface area (TPSA) is 51.4 Å². The number of hydrogen-bond donors (Lipinski definition) is 1. The fourth-order valence-electron chi connectivity index (χ4n) is 3.64. The van der Waals surface area contributed by atoms with Crippen LogP contribution < -0.4 is 10.2 Å². The first kappa shape index (κ1) is 17.3. The summed E-state index contributed by atoms with van der Waals surface area (Å²) < 4.78 is 7.57. The second-order valence-electron chi connectivity index (χ2n) is 6.85. The van der Waals surface area contributed by atoms with Crippen LogP contribution in [0.1, 0.15) is 5.56 Å². The number of benzene rings is 3. The number of rotatable bonds is 4. The minimum Gasteiger partial charge on any atom is -0.497 e. The van der Waals surface area contributed by atoms with E-state index in [1.165, 1.54) is 0 Å². The van der Waals surface area contributed by atoms with Crippen LogP contribution in [0.5, 0.6) is 5.75 Å². The van der Waals surface area contributed by atoms with Gasteiger partial charge in [-0.25, -0.2) is 10.4 Å². The van der Waals surface area contributed by atoms with Crippen molar-refractivity contribution in [3.8, 4) is 28.3 Å². The van der Waals surface area contributed by atoms with Crippen molar-refractivity contribution < 1.29 is 4.74 Å². The number of hydrogen-bond acceptors (Lipinski definition) is 4. The first-order chi connectivity index (χ1) is 14.3. The fourth-order valence-corrected chi connectivity index (χ4v) is 3.64. The van der Waals surface area contributed by atoms with Crippen LogP contribution in [0.2, 0.25) is 0 Å². The summed E-state index contributed by atoms with van der Waals surface area (Å²) in [6.07, 6.45) is 0. The maximum Gasteiger partial charge on any atom is 0.225 e. The van der Waals surface area contributed by atoms with Gasteiger partial charge in [-0.1, -0.05) is 72.8 Å². The highest BCUT2D eigenvalue weighted by Crippen LogP contribution is 2.36. The van der Waals surface area contributed by atoms with Gasteiger partial charge < -0.3 is 9.30 Å². The van der Waals surface area contributed by atoms with E-state index in [2.05, 4.69) is 51.5 Å². The van der Waals surface area contributed by atoms with Gasteiger partial charge in [-0.2, -0.15) is 5.10 Å². The Labute approximate surface area is 169 Å². The van der Waals surface area contributed by atoms with Crippen molar-refractivity contribution >= 4 is 11.7 Å². The summed E-state index contributed by atoms with van der Waals surface area (Å²) in [4.78, 5) is 4.88.